The Morgan fingerprint density at radius 2 is 1.58 bits per heavy atom. The molecule has 0 aliphatic carbocycles. The molecule has 1 heterocycles. The molecule has 1 aromatic heterocycles. The van der Waals surface area contributed by atoms with Crippen molar-refractivity contribution in [3.05, 3.63) is 71.5 Å². The van der Waals surface area contributed by atoms with Gasteiger partial charge in [0.05, 0.1) is 24.1 Å². The second-order valence-electron chi connectivity index (χ2n) is 5.45. The Bertz CT molecular complexity index is 849. The number of ether oxygens (including phenoxy) is 2. The van der Waals surface area contributed by atoms with Crippen molar-refractivity contribution in [2.24, 2.45) is 0 Å². The minimum absolute atomic E-state index is 0.403. The van der Waals surface area contributed by atoms with Crippen LogP contribution in [0.4, 0.5) is 0 Å². The van der Waals surface area contributed by atoms with Gasteiger partial charge in [0.1, 0.15) is 11.5 Å². The molecule has 24 heavy (non-hydrogen) atoms. The van der Waals surface area contributed by atoms with Crippen LogP contribution in [0.25, 0.3) is 5.69 Å². The molecule has 0 atom stereocenters. The van der Waals surface area contributed by atoms with Crippen molar-refractivity contribution in [1.29, 1.82) is 0 Å². The van der Waals surface area contributed by atoms with Gasteiger partial charge in [0.2, 0.25) is 0 Å². The zero-order chi connectivity index (χ0) is 17.1. The standard InChI is InChI=1S/C19H18N2O3/c1-13-12-14(2)21(20-13)16-6-4-15(5-7-16)19(22)24-18-10-8-17(23-3)9-11-18/h4-12H,1-3H3. The van der Waals surface area contributed by atoms with E-state index in [0.717, 1.165) is 17.1 Å². The van der Waals surface area contributed by atoms with Gasteiger partial charge >= 0.3 is 5.97 Å². The third-order valence-corrected chi connectivity index (χ3v) is 3.63. The Labute approximate surface area is 140 Å². The second kappa shape index (κ2) is 6.58. The van der Waals surface area contributed by atoms with Gasteiger partial charge in [-0.3, -0.25) is 0 Å². The highest BCUT2D eigenvalue weighted by molar-refractivity contribution is 5.91. The van der Waals surface area contributed by atoms with Crippen LogP contribution in [0.1, 0.15) is 21.7 Å². The summed E-state index contributed by atoms with van der Waals surface area (Å²) in [5, 5.41) is 4.43. The van der Waals surface area contributed by atoms with E-state index in [-0.39, 0.29) is 0 Å². The first kappa shape index (κ1) is 15.8. The lowest BCUT2D eigenvalue weighted by Crippen LogP contribution is -2.09. The summed E-state index contributed by atoms with van der Waals surface area (Å²) in [6.07, 6.45) is 0. The quantitative estimate of drug-likeness (QED) is 0.543. The fourth-order valence-electron chi connectivity index (χ4n) is 2.44. The second-order valence-corrected chi connectivity index (χ2v) is 5.45. The molecule has 0 bridgehead atoms. The zero-order valence-electron chi connectivity index (χ0n) is 13.8. The SMILES string of the molecule is COc1ccc(OC(=O)c2ccc(-n3nc(C)cc3C)cc2)cc1. The Morgan fingerprint density at radius 1 is 0.958 bits per heavy atom. The molecule has 5 heteroatoms. The molecule has 0 N–H and O–H groups in total. The molecule has 122 valence electrons. The summed E-state index contributed by atoms with van der Waals surface area (Å²) >= 11 is 0. The fourth-order valence-corrected chi connectivity index (χ4v) is 2.44. The highest BCUT2D eigenvalue weighted by Gasteiger charge is 2.10. The van der Waals surface area contributed by atoms with E-state index in [4.69, 9.17) is 9.47 Å². The van der Waals surface area contributed by atoms with E-state index >= 15 is 0 Å². The first-order valence-corrected chi connectivity index (χ1v) is 7.57. The summed E-state index contributed by atoms with van der Waals surface area (Å²) in [6.45, 7) is 3.94. The van der Waals surface area contributed by atoms with E-state index in [9.17, 15) is 4.79 Å². The molecule has 0 amide bonds. The summed E-state index contributed by atoms with van der Waals surface area (Å²) in [5.74, 6) is 0.785. The molecular weight excluding hydrogens is 304 g/mol. The van der Waals surface area contributed by atoms with Crippen molar-refractivity contribution in [3.63, 3.8) is 0 Å². The van der Waals surface area contributed by atoms with Crippen molar-refractivity contribution < 1.29 is 14.3 Å². The number of carbonyl (C=O) groups is 1. The minimum Gasteiger partial charge on any atom is -0.497 e. The van der Waals surface area contributed by atoms with Crippen LogP contribution in [-0.2, 0) is 0 Å². The van der Waals surface area contributed by atoms with Gasteiger partial charge in [0, 0.05) is 5.69 Å². The number of rotatable bonds is 4. The van der Waals surface area contributed by atoms with Gasteiger partial charge in [-0.15, -0.1) is 0 Å². The van der Waals surface area contributed by atoms with Gasteiger partial charge in [-0.05, 0) is 68.4 Å². The van der Waals surface area contributed by atoms with Crippen LogP contribution in [0.15, 0.2) is 54.6 Å². The molecule has 2 aromatic carbocycles. The van der Waals surface area contributed by atoms with Gasteiger partial charge in [-0.25, -0.2) is 9.48 Å². The van der Waals surface area contributed by atoms with E-state index in [0.29, 0.717) is 17.1 Å². The molecule has 3 aromatic rings. The maximum absolute atomic E-state index is 12.2. The van der Waals surface area contributed by atoms with E-state index in [1.54, 1.807) is 43.5 Å². The first-order chi connectivity index (χ1) is 11.6. The maximum Gasteiger partial charge on any atom is 0.343 e. The van der Waals surface area contributed by atoms with Crippen molar-refractivity contribution >= 4 is 5.97 Å². The lowest BCUT2D eigenvalue weighted by atomic mass is 10.2. The topological polar surface area (TPSA) is 53.4 Å². The Hall–Kier alpha value is -3.08. The molecule has 0 saturated heterocycles. The Kier molecular flexibility index (Phi) is 4.33. The summed E-state index contributed by atoms with van der Waals surface area (Å²) in [4.78, 5) is 12.2. The van der Waals surface area contributed by atoms with Gasteiger partial charge in [0.25, 0.3) is 0 Å². The summed E-state index contributed by atoms with van der Waals surface area (Å²) in [5.41, 5.74) is 3.38. The van der Waals surface area contributed by atoms with Crippen molar-refractivity contribution in [2.75, 3.05) is 7.11 Å². The molecule has 3 rings (SSSR count). The summed E-state index contributed by atoms with van der Waals surface area (Å²) in [6, 6.07) is 16.1. The molecule has 5 nitrogen and oxygen atoms in total. The average Bonchev–Trinajstić information content (AvgIpc) is 2.94. The minimum atomic E-state index is -0.403. The van der Waals surface area contributed by atoms with E-state index < -0.39 is 5.97 Å². The van der Waals surface area contributed by atoms with E-state index in [2.05, 4.69) is 5.10 Å². The number of aryl methyl sites for hydroxylation is 2. The predicted octanol–water partition coefficient (Wildman–Crippen LogP) is 3.72. The largest absolute Gasteiger partial charge is 0.497 e. The molecular formula is C19H18N2O3. The lowest BCUT2D eigenvalue weighted by molar-refractivity contribution is 0.0734. The Balaban J connectivity index is 1.74. The summed E-state index contributed by atoms with van der Waals surface area (Å²) < 4.78 is 12.3. The smallest absolute Gasteiger partial charge is 0.343 e. The van der Waals surface area contributed by atoms with Gasteiger partial charge in [0.15, 0.2) is 0 Å². The fraction of sp³-hybridized carbons (Fsp3) is 0.158. The molecule has 0 fully saturated rings. The van der Waals surface area contributed by atoms with Crippen molar-refractivity contribution in [1.82, 2.24) is 9.78 Å². The van der Waals surface area contributed by atoms with E-state index in [1.165, 1.54) is 0 Å². The number of hydrogen-bond acceptors (Lipinski definition) is 4. The molecule has 0 unspecified atom stereocenters. The van der Waals surface area contributed by atoms with E-state index in [1.807, 2.05) is 36.7 Å². The van der Waals surface area contributed by atoms with Crippen LogP contribution in [-0.4, -0.2) is 22.9 Å². The molecule has 0 saturated carbocycles. The summed E-state index contributed by atoms with van der Waals surface area (Å²) in [7, 11) is 1.59. The van der Waals surface area contributed by atoms with Crippen LogP contribution in [0.2, 0.25) is 0 Å². The molecule has 0 spiro atoms. The normalized spacial score (nSPS) is 10.5. The zero-order valence-corrected chi connectivity index (χ0v) is 13.8. The lowest BCUT2D eigenvalue weighted by Gasteiger charge is -2.07. The third kappa shape index (κ3) is 3.30. The predicted molar refractivity (Wildman–Crippen MR) is 91.0 cm³/mol. The molecule has 0 radical (unpaired) electrons. The highest BCUT2D eigenvalue weighted by atomic mass is 16.5. The molecule has 0 aliphatic heterocycles. The number of benzene rings is 2. The monoisotopic (exact) mass is 322 g/mol. The number of hydrogen-bond donors (Lipinski definition) is 0. The van der Waals surface area contributed by atoms with Gasteiger partial charge in [-0.2, -0.15) is 5.10 Å². The highest BCUT2D eigenvalue weighted by Crippen LogP contribution is 2.19. The van der Waals surface area contributed by atoms with Gasteiger partial charge < -0.3 is 9.47 Å². The number of esters is 1. The van der Waals surface area contributed by atoms with Crippen LogP contribution < -0.4 is 9.47 Å². The number of nitrogens with zero attached hydrogens (tertiary/aromatic N) is 2. The van der Waals surface area contributed by atoms with Gasteiger partial charge in [-0.1, -0.05) is 0 Å². The Morgan fingerprint density at radius 3 is 2.12 bits per heavy atom. The van der Waals surface area contributed by atoms with Crippen molar-refractivity contribution in [2.45, 2.75) is 13.8 Å². The molecule has 0 aliphatic rings. The van der Waals surface area contributed by atoms with Crippen LogP contribution in [0.3, 0.4) is 0 Å². The number of carbonyl (C=O) groups excluding carboxylic acids is 1. The number of aromatic nitrogens is 2. The first-order valence-electron chi connectivity index (χ1n) is 7.57. The van der Waals surface area contributed by atoms with Crippen LogP contribution in [0, 0.1) is 13.8 Å². The van der Waals surface area contributed by atoms with Crippen molar-refractivity contribution in [3.8, 4) is 17.2 Å². The average molecular weight is 322 g/mol. The third-order valence-electron chi connectivity index (χ3n) is 3.63. The number of methoxy groups -OCH3 is 1. The van der Waals surface area contributed by atoms with Crippen LogP contribution in [0.5, 0.6) is 11.5 Å². The van der Waals surface area contributed by atoms with Crippen LogP contribution >= 0.6 is 0 Å². The maximum atomic E-state index is 12.2.